The van der Waals surface area contributed by atoms with Crippen LogP contribution in [0.15, 0.2) is 18.3 Å². The van der Waals surface area contributed by atoms with Crippen LogP contribution in [0.5, 0.6) is 0 Å². The molecule has 5 nitrogen and oxygen atoms in total. The van der Waals surface area contributed by atoms with Gasteiger partial charge >= 0.3 is 0 Å². The van der Waals surface area contributed by atoms with Crippen LogP contribution >= 0.6 is 0 Å². The number of rotatable bonds is 4. The van der Waals surface area contributed by atoms with Gasteiger partial charge in [-0.2, -0.15) is 0 Å². The SMILES string of the molecule is CCC(C)NC(=O)c1ccnc(C(=O)N2CCC(C)CC2)c1. The van der Waals surface area contributed by atoms with E-state index in [1.54, 1.807) is 12.1 Å². The van der Waals surface area contributed by atoms with Crippen LogP contribution in [0.2, 0.25) is 0 Å². The lowest BCUT2D eigenvalue weighted by atomic mass is 9.99. The van der Waals surface area contributed by atoms with Gasteiger partial charge in [0.25, 0.3) is 11.8 Å². The van der Waals surface area contributed by atoms with Crippen LogP contribution < -0.4 is 5.32 Å². The summed E-state index contributed by atoms with van der Waals surface area (Å²) >= 11 is 0. The number of hydrogen-bond donors (Lipinski definition) is 1. The van der Waals surface area contributed by atoms with Crippen LogP contribution in [-0.4, -0.2) is 40.8 Å². The summed E-state index contributed by atoms with van der Waals surface area (Å²) < 4.78 is 0. The van der Waals surface area contributed by atoms with E-state index in [1.807, 2.05) is 18.7 Å². The van der Waals surface area contributed by atoms with Crippen LogP contribution in [0.25, 0.3) is 0 Å². The lowest BCUT2D eigenvalue weighted by Crippen LogP contribution is -2.38. The van der Waals surface area contributed by atoms with Gasteiger partial charge in [-0.1, -0.05) is 13.8 Å². The molecule has 0 spiro atoms. The van der Waals surface area contributed by atoms with Crippen LogP contribution in [0, 0.1) is 5.92 Å². The van der Waals surface area contributed by atoms with Crippen molar-refractivity contribution in [3.63, 3.8) is 0 Å². The third-order valence-electron chi connectivity index (χ3n) is 4.30. The zero-order valence-electron chi connectivity index (χ0n) is 13.6. The number of likely N-dealkylation sites (tertiary alicyclic amines) is 1. The third kappa shape index (κ3) is 4.06. The number of hydrogen-bond acceptors (Lipinski definition) is 3. The minimum atomic E-state index is -0.155. The lowest BCUT2D eigenvalue weighted by molar-refractivity contribution is 0.0691. The highest BCUT2D eigenvalue weighted by Crippen LogP contribution is 2.18. The average Bonchev–Trinajstić information content (AvgIpc) is 2.54. The molecule has 1 saturated heterocycles. The molecule has 1 aliphatic rings. The molecule has 1 fully saturated rings. The second kappa shape index (κ2) is 7.38. The maximum absolute atomic E-state index is 12.5. The van der Waals surface area contributed by atoms with Crippen molar-refractivity contribution in [3.8, 4) is 0 Å². The molecule has 5 heteroatoms. The van der Waals surface area contributed by atoms with E-state index in [1.165, 1.54) is 6.20 Å². The molecule has 0 bridgehead atoms. The molecule has 22 heavy (non-hydrogen) atoms. The molecule has 0 aromatic carbocycles. The van der Waals surface area contributed by atoms with Crippen LogP contribution in [0.4, 0.5) is 0 Å². The first-order valence-corrected chi connectivity index (χ1v) is 8.07. The Morgan fingerprint density at radius 2 is 2.09 bits per heavy atom. The Bertz CT molecular complexity index is 536. The number of aromatic nitrogens is 1. The number of pyridine rings is 1. The summed E-state index contributed by atoms with van der Waals surface area (Å²) in [4.78, 5) is 30.6. The Balaban J connectivity index is 2.07. The number of nitrogens with one attached hydrogen (secondary N) is 1. The van der Waals surface area contributed by atoms with Gasteiger partial charge in [0, 0.05) is 30.9 Å². The van der Waals surface area contributed by atoms with Crippen molar-refractivity contribution in [2.24, 2.45) is 5.92 Å². The lowest BCUT2D eigenvalue weighted by Gasteiger charge is -2.30. The topological polar surface area (TPSA) is 62.3 Å². The fraction of sp³-hybridized carbons (Fsp3) is 0.588. The Labute approximate surface area is 132 Å². The summed E-state index contributed by atoms with van der Waals surface area (Å²) in [5.41, 5.74) is 0.843. The summed E-state index contributed by atoms with van der Waals surface area (Å²) in [5.74, 6) is 0.438. The second-order valence-electron chi connectivity index (χ2n) is 6.19. The molecule has 2 heterocycles. The molecule has 2 amide bonds. The van der Waals surface area contributed by atoms with Gasteiger partial charge in [0.05, 0.1) is 0 Å². The van der Waals surface area contributed by atoms with Crippen molar-refractivity contribution in [3.05, 3.63) is 29.6 Å². The van der Waals surface area contributed by atoms with Crippen molar-refractivity contribution in [1.82, 2.24) is 15.2 Å². The zero-order valence-corrected chi connectivity index (χ0v) is 13.6. The maximum Gasteiger partial charge on any atom is 0.272 e. The van der Waals surface area contributed by atoms with E-state index < -0.39 is 0 Å². The van der Waals surface area contributed by atoms with Crippen LogP contribution in [0.3, 0.4) is 0 Å². The Morgan fingerprint density at radius 3 is 2.73 bits per heavy atom. The van der Waals surface area contributed by atoms with Gasteiger partial charge in [-0.15, -0.1) is 0 Å². The van der Waals surface area contributed by atoms with E-state index in [4.69, 9.17) is 0 Å². The number of nitrogens with zero attached hydrogens (tertiary/aromatic N) is 2. The molecule has 0 aliphatic carbocycles. The first-order valence-electron chi connectivity index (χ1n) is 8.07. The molecule has 120 valence electrons. The molecule has 1 atom stereocenters. The van der Waals surface area contributed by atoms with Gasteiger partial charge in [0.15, 0.2) is 0 Å². The van der Waals surface area contributed by atoms with Gasteiger partial charge in [0.1, 0.15) is 5.69 Å². The third-order valence-corrected chi connectivity index (χ3v) is 4.30. The van der Waals surface area contributed by atoms with E-state index >= 15 is 0 Å². The first-order chi connectivity index (χ1) is 10.5. The summed E-state index contributed by atoms with van der Waals surface area (Å²) in [5, 5.41) is 2.91. The maximum atomic E-state index is 12.5. The van der Waals surface area contributed by atoms with Crippen LogP contribution in [-0.2, 0) is 0 Å². The second-order valence-corrected chi connectivity index (χ2v) is 6.19. The minimum Gasteiger partial charge on any atom is -0.350 e. The van der Waals surface area contributed by atoms with Gasteiger partial charge in [-0.3, -0.25) is 14.6 Å². The molecule has 0 saturated carbocycles. The van der Waals surface area contributed by atoms with E-state index in [2.05, 4.69) is 17.2 Å². The molecule has 1 aromatic heterocycles. The Morgan fingerprint density at radius 1 is 1.41 bits per heavy atom. The predicted molar refractivity (Wildman–Crippen MR) is 85.8 cm³/mol. The highest BCUT2D eigenvalue weighted by Gasteiger charge is 2.23. The minimum absolute atomic E-state index is 0.0786. The number of piperidine rings is 1. The molecular formula is C17H25N3O2. The number of amides is 2. The standard InChI is InChI=1S/C17H25N3O2/c1-4-13(3)19-16(21)14-5-8-18-15(11-14)17(22)20-9-6-12(2)7-10-20/h5,8,11-13H,4,6-7,9-10H2,1-3H3,(H,19,21). The van der Waals surface area contributed by atoms with E-state index in [0.717, 1.165) is 32.4 Å². The van der Waals surface area contributed by atoms with Crippen molar-refractivity contribution in [2.75, 3.05) is 13.1 Å². The van der Waals surface area contributed by atoms with Crippen LogP contribution in [0.1, 0.15) is 60.9 Å². The quantitative estimate of drug-likeness (QED) is 0.929. The van der Waals surface area contributed by atoms with Crippen molar-refractivity contribution >= 4 is 11.8 Å². The van der Waals surface area contributed by atoms with Gasteiger partial charge in [-0.05, 0) is 44.2 Å². The van der Waals surface area contributed by atoms with Gasteiger partial charge < -0.3 is 10.2 Å². The molecule has 1 aliphatic heterocycles. The van der Waals surface area contributed by atoms with Crippen molar-refractivity contribution in [2.45, 2.75) is 46.1 Å². The number of carbonyl (C=O) groups excluding carboxylic acids is 2. The van der Waals surface area contributed by atoms with Gasteiger partial charge in [0.2, 0.25) is 0 Å². The molecule has 1 aromatic rings. The molecular weight excluding hydrogens is 278 g/mol. The summed E-state index contributed by atoms with van der Waals surface area (Å²) in [6.07, 6.45) is 4.46. The van der Waals surface area contributed by atoms with Crippen molar-refractivity contribution < 1.29 is 9.59 Å². The average molecular weight is 303 g/mol. The Hall–Kier alpha value is -1.91. The van der Waals surface area contributed by atoms with Crippen molar-refractivity contribution in [1.29, 1.82) is 0 Å². The molecule has 2 rings (SSSR count). The Kier molecular flexibility index (Phi) is 5.52. The predicted octanol–water partition coefficient (Wildman–Crippen LogP) is 2.48. The van der Waals surface area contributed by atoms with E-state index in [0.29, 0.717) is 17.2 Å². The molecule has 1 unspecified atom stereocenters. The normalized spacial score (nSPS) is 17.1. The molecule has 0 radical (unpaired) electrons. The largest absolute Gasteiger partial charge is 0.350 e. The van der Waals surface area contributed by atoms with E-state index in [9.17, 15) is 9.59 Å². The van der Waals surface area contributed by atoms with Gasteiger partial charge in [-0.25, -0.2) is 0 Å². The summed E-state index contributed by atoms with van der Waals surface area (Å²) in [7, 11) is 0. The fourth-order valence-electron chi connectivity index (χ4n) is 2.47. The summed E-state index contributed by atoms with van der Waals surface area (Å²) in [6, 6.07) is 3.36. The smallest absolute Gasteiger partial charge is 0.272 e. The number of carbonyl (C=O) groups is 2. The summed E-state index contributed by atoms with van der Waals surface area (Å²) in [6.45, 7) is 7.72. The fourth-order valence-corrected chi connectivity index (χ4v) is 2.47. The zero-order chi connectivity index (χ0) is 16.1. The highest BCUT2D eigenvalue weighted by atomic mass is 16.2. The monoisotopic (exact) mass is 303 g/mol. The van der Waals surface area contributed by atoms with E-state index in [-0.39, 0.29) is 17.9 Å². The highest BCUT2D eigenvalue weighted by molar-refractivity contribution is 5.98. The molecule has 1 N–H and O–H groups in total. The first kappa shape index (κ1) is 16.5.